The number of aromatic nitrogens is 2. The summed E-state index contributed by atoms with van der Waals surface area (Å²) in [5.41, 5.74) is -0.387. The third kappa shape index (κ3) is 0.841. The predicted octanol–water partition coefficient (Wildman–Crippen LogP) is -0.992. The van der Waals surface area contributed by atoms with Crippen molar-refractivity contribution in [2.24, 2.45) is 0 Å². The number of aromatic amines is 1. The maximum atomic E-state index is 10.2. The van der Waals surface area contributed by atoms with E-state index in [0.29, 0.717) is 4.85 Å². The van der Waals surface area contributed by atoms with Gasteiger partial charge in [-0.25, -0.2) is 0 Å². The van der Waals surface area contributed by atoms with E-state index in [4.69, 9.17) is 0 Å². The Hall–Kier alpha value is -1.32. The zero-order chi connectivity index (χ0) is 5.98. The first kappa shape index (κ1) is 4.83. The van der Waals surface area contributed by atoms with Crippen LogP contribution in [0.4, 0.5) is 0 Å². The molecule has 0 aliphatic carbocycles. The topological polar surface area (TPSA) is 59.8 Å². The lowest BCUT2D eigenvalue weighted by atomic mass is 10.6. The Morgan fingerprint density at radius 3 is 2.88 bits per heavy atom. The van der Waals surface area contributed by atoms with Gasteiger partial charge in [-0.2, -0.15) is 0 Å². The van der Waals surface area contributed by atoms with Gasteiger partial charge < -0.3 is 5.21 Å². The molecule has 0 fully saturated rings. The van der Waals surface area contributed by atoms with E-state index in [1.165, 1.54) is 18.3 Å². The molecule has 0 saturated carbocycles. The minimum absolute atomic E-state index is 0.350. The third-order valence-corrected chi connectivity index (χ3v) is 0.689. The van der Waals surface area contributed by atoms with E-state index in [2.05, 4.69) is 0 Å². The Bertz CT molecular complexity index is 229. The molecule has 0 aromatic carbocycles. The van der Waals surface area contributed by atoms with Crippen molar-refractivity contribution < 1.29 is 4.85 Å². The highest BCUT2D eigenvalue weighted by Crippen LogP contribution is 1.59. The highest BCUT2D eigenvalue weighted by molar-refractivity contribution is 4.78. The number of nitrogens with zero attached hydrogens (tertiary/aromatic N) is 1. The van der Waals surface area contributed by atoms with Crippen LogP contribution in [0.15, 0.2) is 23.1 Å². The van der Waals surface area contributed by atoms with Gasteiger partial charge >= 0.3 is 0 Å². The minimum Gasteiger partial charge on any atom is -0.596 e. The van der Waals surface area contributed by atoms with E-state index in [9.17, 15) is 10.0 Å². The van der Waals surface area contributed by atoms with Crippen molar-refractivity contribution in [1.29, 1.82) is 0 Å². The summed E-state index contributed by atoms with van der Waals surface area (Å²) in [7, 11) is 0. The summed E-state index contributed by atoms with van der Waals surface area (Å²) in [4.78, 5) is 10.6. The second-order valence-electron chi connectivity index (χ2n) is 1.31. The van der Waals surface area contributed by atoms with E-state index in [1.807, 2.05) is 5.10 Å². The molecule has 0 amide bonds. The van der Waals surface area contributed by atoms with Gasteiger partial charge in [0.1, 0.15) is 0 Å². The summed E-state index contributed by atoms with van der Waals surface area (Å²) in [6.07, 6.45) is 1.21. The largest absolute Gasteiger partial charge is 0.596 e. The maximum Gasteiger partial charge on any atom is 0.299 e. The van der Waals surface area contributed by atoms with Gasteiger partial charge in [-0.3, -0.25) is 4.79 Å². The van der Waals surface area contributed by atoms with Crippen molar-refractivity contribution in [2.45, 2.75) is 0 Å². The normalized spacial score (nSPS) is 9.00. The molecule has 0 saturated heterocycles. The second kappa shape index (κ2) is 1.65. The molecule has 1 aromatic heterocycles. The molecular weight excluding hydrogens is 108 g/mol. The van der Waals surface area contributed by atoms with Crippen LogP contribution in [0.5, 0.6) is 0 Å². The highest BCUT2D eigenvalue weighted by atomic mass is 16.5. The Morgan fingerprint density at radius 1 is 1.75 bits per heavy atom. The smallest absolute Gasteiger partial charge is 0.299 e. The molecule has 8 heavy (non-hydrogen) atoms. The number of nitrogens with one attached hydrogen (secondary N) is 1. The van der Waals surface area contributed by atoms with Crippen LogP contribution in [0.3, 0.4) is 0 Å². The maximum absolute atomic E-state index is 10.2. The summed E-state index contributed by atoms with van der Waals surface area (Å²) in [6, 6.07) is 2.65. The monoisotopic (exact) mass is 112 g/mol. The summed E-state index contributed by atoms with van der Waals surface area (Å²) >= 11 is 0. The first-order chi connectivity index (χ1) is 3.79. The van der Waals surface area contributed by atoms with Crippen molar-refractivity contribution in [3.63, 3.8) is 0 Å². The Kier molecular flexibility index (Phi) is 0.997. The van der Waals surface area contributed by atoms with Crippen LogP contribution in [-0.4, -0.2) is 5.10 Å². The molecule has 0 spiro atoms. The van der Waals surface area contributed by atoms with Gasteiger partial charge in [0.25, 0.3) is 5.56 Å². The van der Waals surface area contributed by atoms with E-state index < -0.39 is 0 Å². The quantitative estimate of drug-likeness (QED) is 0.346. The fourth-order valence-electron chi connectivity index (χ4n) is 0.392. The van der Waals surface area contributed by atoms with Crippen LogP contribution in [0, 0.1) is 5.21 Å². The highest BCUT2D eigenvalue weighted by Gasteiger charge is 1.82. The molecular formula is C4H4N2O2. The first-order valence-electron chi connectivity index (χ1n) is 2.07. The minimum atomic E-state index is -0.387. The van der Waals surface area contributed by atoms with E-state index in [1.54, 1.807) is 0 Å². The molecule has 0 aliphatic heterocycles. The van der Waals surface area contributed by atoms with Gasteiger partial charge in [0, 0.05) is 12.1 Å². The molecule has 0 unspecified atom stereocenters. The fraction of sp³-hybridized carbons (Fsp3) is 0. The summed E-state index contributed by atoms with van der Waals surface area (Å²) < 4.78 is 0. The van der Waals surface area contributed by atoms with Gasteiger partial charge in [-0.05, 0) is 0 Å². The summed E-state index contributed by atoms with van der Waals surface area (Å²) in [5, 5.41) is 12.1. The lowest BCUT2D eigenvalue weighted by molar-refractivity contribution is -0.670. The number of hydrogen-bond acceptors (Lipinski definition) is 2. The molecule has 1 rings (SSSR count). The van der Waals surface area contributed by atoms with Crippen LogP contribution in [0.25, 0.3) is 0 Å². The van der Waals surface area contributed by atoms with Gasteiger partial charge in [-0.1, -0.05) is 4.85 Å². The van der Waals surface area contributed by atoms with Crippen molar-refractivity contribution in [1.82, 2.24) is 5.10 Å². The molecule has 0 bridgehead atoms. The predicted molar refractivity (Wildman–Crippen MR) is 26.0 cm³/mol. The molecule has 0 atom stereocenters. The van der Waals surface area contributed by atoms with Crippen LogP contribution < -0.4 is 10.4 Å². The van der Waals surface area contributed by atoms with E-state index >= 15 is 0 Å². The van der Waals surface area contributed by atoms with Crippen LogP contribution >= 0.6 is 0 Å². The van der Waals surface area contributed by atoms with Crippen LogP contribution in [-0.2, 0) is 0 Å². The van der Waals surface area contributed by atoms with Gasteiger partial charge in [0.05, 0.1) is 0 Å². The lowest BCUT2D eigenvalue weighted by Gasteiger charge is -1.87. The Morgan fingerprint density at radius 2 is 2.50 bits per heavy atom. The van der Waals surface area contributed by atoms with E-state index in [0.717, 1.165) is 0 Å². The SMILES string of the molecule is O=c1ccc[n+]([O-])[nH]1. The average Bonchev–Trinajstić information content (AvgIpc) is 1.64. The van der Waals surface area contributed by atoms with Crippen molar-refractivity contribution >= 4 is 0 Å². The van der Waals surface area contributed by atoms with Crippen molar-refractivity contribution in [2.75, 3.05) is 0 Å². The van der Waals surface area contributed by atoms with Gasteiger partial charge in [-0.15, -0.1) is 5.10 Å². The molecule has 4 nitrogen and oxygen atoms in total. The molecule has 1 heterocycles. The van der Waals surface area contributed by atoms with E-state index in [-0.39, 0.29) is 5.56 Å². The standard InChI is InChI=1S/C4H4N2O2/c7-4-2-1-3-6(8)5-4/h1-3H,(H,5,7). The van der Waals surface area contributed by atoms with Crippen LogP contribution in [0.1, 0.15) is 0 Å². The second-order valence-corrected chi connectivity index (χ2v) is 1.31. The zero-order valence-electron chi connectivity index (χ0n) is 4.00. The fourth-order valence-corrected chi connectivity index (χ4v) is 0.392. The van der Waals surface area contributed by atoms with Gasteiger partial charge in [0.2, 0.25) is 6.20 Å². The average molecular weight is 112 g/mol. The molecule has 0 radical (unpaired) electrons. The Labute approximate surface area is 45.0 Å². The molecule has 1 N–H and O–H groups in total. The number of hydrogen-bond donors (Lipinski definition) is 1. The van der Waals surface area contributed by atoms with Gasteiger partial charge in [0.15, 0.2) is 0 Å². The molecule has 0 aliphatic rings. The summed E-state index contributed by atoms with van der Waals surface area (Å²) in [5.74, 6) is 0. The number of rotatable bonds is 0. The zero-order valence-corrected chi connectivity index (χ0v) is 4.00. The Balaban J connectivity index is 3.28. The van der Waals surface area contributed by atoms with Crippen molar-refractivity contribution in [3.05, 3.63) is 33.9 Å². The third-order valence-electron chi connectivity index (χ3n) is 0.689. The first-order valence-corrected chi connectivity index (χ1v) is 2.07. The summed E-state index contributed by atoms with van der Waals surface area (Å²) in [6.45, 7) is 0. The molecule has 1 aromatic rings. The lowest BCUT2D eigenvalue weighted by Crippen LogP contribution is -2.35. The number of H-pyrrole nitrogens is 1. The molecule has 42 valence electrons. The molecule has 4 heteroatoms. The van der Waals surface area contributed by atoms with Crippen LogP contribution in [0.2, 0.25) is 0 Å². The van der Waals surface area contributed by atoms with Crippen molar-refractivity contribution in [3.8, 4) is 0 Å².